The highest BCUT2D eigenvalue weighted by atomic mass is 32.2. The summed E-state index contributed by atoms with van der Waals surface area (Å²) in [6, 6.07) is 0. The van der Waals surface area contributed by atoms with Crippen molar-refractivity contribution in [2.75, 3.05) is 18.8 Å². The van der Waals surface area contributed by atoms with E-state index in [4.69, 9.17) is 0 Å². The molecule has 15 heavy (non-hydrogen) atoms. The molecule has 2 fully saturated rings. The van der Waals surface area contributed by atoms with Crippen LogP contribution in [0.5, 0.6) is 0 Å². The Kier molecular flexibility index (Phi) is 2.59. The van der Waals surface area contributed by atoms with Crippen molar-refractivity contribution < 1.29 is 16.8 Å². The molecule has 1 aliphatic heterocycles. The Bertz CT molecular complexity index is 443. The lowest BCUT2D eigenvalue weighted by Gasteiger charge is -2.37. The van der Waals surface area contributed by atoms with Crippen molar-refractivity contribution in [1.82, 2.24) is 4.31 Å². The molecular weight excluding hydrogens is 238 g/mol. The Morgan fingerprint density at radius 3 is 2.00 bits per heavy atom. The molecule has 0 amide bonds. The van der Waals surface area contributed by atoms with Gasteiger partial charge in [0.25, 0.3) is 0 Å². The molecule has 0 radical (unpaired) electrons. The molecule has 0 aromatic carbocycles. The van der Waals surface area contributed by atoms with Crippen LogP contribution < -0.4 is 0 Å². The summed E-state index contributed by atoms with van der Waals surface area (Å²) in [6.07, 6.45) is 1.45. The van der Waals surface area contributed by atoms with Gasteiger partial charge in [-0.3, -0.25) is 0 Å². The molecule has 0 spiro atoms. The van der Waals surface area contributed by atoms with Crippen LogP contribution >= 0.6 is 0 Å². The summed E-state index contributed by atoms with van der Waals surface area (Å²) in [5.74, 6) is 0.0922. The third-order valence-corrected chi connectivity index (χ3v) is 7.48. The first kappa shape index (κ1) is 11.3. The number of nitrogens with zero attached hydrogens (tertiary/aromatic N) is 1. The fourth-order valence-electron chi connectivity index (χ4n) is 1.65. The van der Waals surface area contributed by atoms with Gasteiger partial charge in [-0.05, 0) is 12.8 Å². The van der Waals surface area contributed by atoms with E-state index >= 15 is 0 Å². The summed E-state index contributed by atoms with van der Waals surface area (Å²) in [6.45, 7) is 1.91. The zero-order chi connectivity index (χ0) is 11.3. The average molecular weight is 253 g/mol. The van der Waals surface area contributed by atoms with Crippen molar-refractivity contribution in [3.8, 4) is 0 Å². The van der Waals surface area contributed by atoms with Crippen LogP contribution in [0.4, 0.5) is 0 Å². The van der Waals surface area contributed by atoms with E-state index in [1.54, 1.807) is 6.92 Å². The van der Waals surface area contributed by atoms with Crippen molar-refractivity contribution in [3.63, 3.8) is 0 Å². The van der Waals surface area contributed by atoms with E-state index in [2.05, 4.69) is 0 Å². The lowest BCUT2D eigenvalue weighted by molar-refractivity contribution is 0.309. The Hall–Kier alpha value is -0.140. The molecule has 1 heterocycles. The molecule has 2 aliphatic rings. The summed E-state index contributed by atoms with van der Waals surface area (Å²) < 4.78 is 47.5. The van der Waals surface area contributed by atoms with E-state index in [1.807, 2.05) is 0 Å². The molecule has 0 aromatic rings. The first-order chi connectivity index (χ1) is 6.88. The number of hydrogen-bond acceptors (Lipinski definition) is 4. The summed E-state index contributed by atoms with van der Waals surface area (Å²) in [5, 5.41) is -0.709. The molecular formula is C8H15NO4S2. The van der Waals surface area contributed by atoms with Crippen molar-refractivity contribution in [2.24, 2.45) is 0 Å². The van der Waals surface area contributed by atoms with Gasteiger partial charge in [0.2, 0.25) is 10.0 Å². The third-order valence-electron chi connectivity index (χ3n) is 3.03. The molecule has 0 aromatic heterocycles. The van der Waals surface area contributed by atoms with Crippen molar-refractivity contribution in [3.05, 3.63) is 0 Å². The molecule has 1 aliphatic carbocycles. The second kappa shape index (κ2) is 3.43. The number of rotatable bonds is 4. The Balaban J connectivity index is 1.99. The van der Waals surface area contributed by atoms with E-state index < -0.39 is 25.1 Å². The SMILES string of the molecule is CCS(=O)(=O)C1CN(S(=O)(=O)C2CC2)C1. The van der Waals surface area contributed by atoms with Crippen molar-refractivity contribution in [1.29, 1.82) is 0 Å². The zero-order valence-electron chi connectivity index (χ0n) is 8.59. The molecule has 1 saturated carbocycles. The maximum atomic E-state index is 11.7. The van der Waals surface area contributed by atoms with Gasteiger partial charge in [0.1, 0.15) is 0 Å². The van der Waals surface area contributed by atoms with E-state index in [0.717, 1.165) is 12.8 Å². The minimum absolute atomic E-state index is 0.0922. The highest BCUT2D eigenvalue weighted by molar-refractivity contribution is 7.92. The smallest absolute Gasteiger partial charge is 0.217 e. The van der Waals surface area contributed by atoms with Gasteiger partial charge in [-0.2, -0.15) is 4.31 Å². The molecule has 0 unspecified atom stereocenters. The van der Waals surface area contributed by atoms with Crippen LogP contribution in [0, 0.1) is 0 Å². The molecule has 7 heteroatoms. The van der Waals surface area contributed by atoms with E-state index in [0.29, 0.717) is 0 Å². The molecule has 88 valence electrons. The largest absolute Gasteiger partial charge is 0.228 e. The minimum atomic E-state index is -3.16. The molecule has 0 bridgehead atoms. The summed E-state index contributed by atoms with van der Waals surface area (Å²) in [4.78, 5) is 0. The minimum Gasteiger partial charge on any atom is -0.228 e. The van der Waals surface area contributed by atoms with Gasteiger partial charge in [-0.1, -0.05) is 6.92 Å². The first-order valence-electron chi connectivity index (χ1n) is 5.08. The molecule has 1 saturated heterocycles. The number of sulfonamides is 1. The second-order valence-corrected chi connectivity index (χ2v) is 8.92. The fraction of sp³-hybridized carbons (Fsp3) is 1.00. The summed E-state index contributed by atoms with van der Waals surface area (Å²) >= 11 is 0. The van der Waals surface area contributed by atoms with E-state index in [1.165, 1.54) is 4.31 Å². The van der Waals surface area contributed by atoms with Gasteiger partial charge >= 0.3 is 0 Å². The standard InChI is InChI=1S/C8H15NO4S2/c1-2-14(10,11)8-5-9(6-8)15(12,13)7-3-4-7/h7-8H,2-6H2,1H3. The van der Waals surface area contributed by atoms with Crippen LogP contribution in [0.25, 0.3) is 0 Å². The molecule has 0 N–H and O–H groups in total. The highest BCUT2D eigenvalue weighted by Gasteiger charge is 2.48. The van der Waals surface area contributed by atoms with Crippen LogP contribution in [0.15, 0.2) is 0 Å². The lowest BCUT2D eigenvalue weighted by Crippen LogP contribution is -2.57. The highest BCUT2D eigenvalue weighted by Crippen LogP contribution is 2.34. The second-order valence-electron chi connectivity index (χ2n) is 4.13. The van der Waals surface area contributed by atoms with Gasteiger partial charge in [-0.25, -0.2) is 16.8 Å². The van der Waals surface area contributed by atoms with Gasteiger partial charge < -0.3 is 0 Å². The molecule has 2 rings (SSSR count). The molecule has 5 nitrogen and oxygen atoms in total. The predicted octanol–water partition coefficient (Wildman–Crippen LogP) is -0.402. The Morgan fingerprint density at radius 1 is 1.07 bits per heavy atom. The van der Waals surface area contributed by atoms with Gasteiger partial charge in [-0.15, -0.1) is 0 Å². The predicted molar refractivity (Wildman–Crippen MR) is 56.8 cm³/mol. The Morgan fingerprint density at radius 2 is 1.60 bits per heavy atom. The van der Waals surface area contributed by atoms with Crippen molar-refractivity contribution in [2.45, 2.75) is 30.3 Å². The van der Waals surface area contributed by atoms with Crippen LogP contribution in [0.1, 0.15) is 19.8 Å². The fourth-order valence-corrected chi connectivity index (χ4v) is 5.05. The maximum absolute atomic E-state index is 11.7. The normalized spacial score (nSPS) is 25.1. The maximum Gasteiger partial charge on any atom is 0.217 e. The zero-order valence-corrected chi connectivity index (χ0v) is 10.2. The van der Waals surface area contributed by atoms with Crippen LogP contribution in [0.3, 0.4) is 0 Å². The average Bonchev–Trinajstić information content (AvgIpc) is 2.81. The van der Waals surface area contributed by atoms with E-state index in [9.17, 15) is 16.8 Å². The third kappa shape index (κ3) is 1.92. The first-order valence-corrected chi connectivity index (χ1v) is 8.30. The lowest BCUT2D eigenvalue weighted by atomic mass is 10.3. The van der Waals surface area contributed by atoms with Crippen LogP contribution in [0.2, 0.25) is 0 Å². The van der Waals surface area contributed by atoms with Crippen molar-refractivity contribution >= 4 is 19.9 Å². The molecule has 0 atom stereocenters. The van der Waals surface area contributed by atoms with Gasteiger partial charge in [0, 0.05) is 18.8 Å². The van der Waals surface area contributed by atoms with E-state index in [-0.39, 0.29) is 24.1 Å². The number of sulfone groups is 1. The van der Waals surface area contributed by atoms with Gasteiger partial charge in [0.05, 0.1) is 10.5 Å². The number of hydrogen-bond donors (Lipinski definition) is 0. The quantitative estimate of drug-likeness (QED) is 0.683. The van der Waals surface area contributed by atoms with Gasteiger partial charge in [0.15, 0.2) is 9.84 Å². The van der Waals surface area contributed by atoms with Crippen LogP contribution in [-0.2, 0) is 19.9 Å². The summed E-state index contributed by atoms with van der Waals surface area (Å²) in [7, 11) is -6.23. The topological polar surface area (TPSA) is 71.5 Å². The monoisotopic (exact) mass is 253 g/mol. The van der Waals surface area contributed by atoms with Crippen LogP contribution in [-0.4, -0.2) is 50.5 Å². The Labute approximate surface area is 90.4 Å². The summed E-state index contributed by atoms with van der Waals surface area (Å²) in [5.41, 5.74) is 0.